The van der Waals surface area contributed by atoms with Crippen LogP contribution in [0.3, 0.4) is 0 Å². The van der Waals surface area contributed by atoms with Crippen molar-refractivity contribution in [3.8, 4) is 0 Å². The molecule has 1 fully saturated rings. The Morgan fingerprint density at radius 3 is 2.52 bits per heavy atom. The summed E-state index contributed by atoms with van der Waals surface area (Å²) in [5, 5.41) is 8.91. The summed E-state index contributed by atoms with van der Waals surface area (Å²) in [7, 11) is 0. The van der Waals surface area contributed by atoms with Crippen LogP contribution in [0.1, 0.15) is 31.2 Å². The van der Waals surface area contributed by atoms with Crippen LogP contribution < -0.4 is 5.73 Å². The summed E-state index contributed by atoms with van der Waals surface area (Å²) >= 11 is 0. The molecular formula is C17H22N2O4. The summed E-state index contributed by atoms with van der Waals surface area (Å²) in [6.45, 7) is 0.516. The number of nitrogens with two attached hydrogens (primary N) is 1. The van der Waals surface area contributed by atoms with Gasteiger partial charge in [-0.05, 0) is 24.8 Å². The van der Waals surface area contributed by atoms with Crippen molar-refractivity contribution >= 4 is 17.8 Å². The number of nitrogens with zero attached hydrogens (tertiary/aromatic N) is 1. The van der Waals surface area contributed by atoms with Gasteiger partial charge in [0.15, 0.2) is 0 Å². The van der Waals surface area contributed by atoms with Crippen LogP contribution in [0.4, 0.5) is 0 Å². The fourth-order valence-electron chi connectivity index (χ4n) is 3.17. The van der Waals surface area contributed by atoms with Gasteiger partial charge < -0.3 is 15.7 Å². The molecule has 0 aromatic heterocycles. The Kier molecular flexibility index (Phi) is 5.73. The molecule has 0 saturated carbocycles. The molecule has 0 aliphatic carbocycles. The van der Waals surface area contributed by atoms with Crippen LogP contribution in [0.5, 0.6) is 0 Å². The molecule has 1 saturated heterocycles. The van der Waals surface area contributed by atoms with E-state index >= 15 is 0 Å². The van der Waals surface area contributed by atoms with Crippen molar-refractivity contribution in [3.05, 3.63) is 35.9 Å². The predicted octanol–water partition coefficient (Wildman–Crippen LogP) is 1.19. The number of rotatable bonds is 8. The van der Waals surface area contributed by atoms with Crippen molar-refractivity contribution in [1.82, 2.24) is 4.90 Å². The fourth-order valence-corrected chi connectivity index (χ4v) is 3.17. The zero-order chi connectivity index (χ0) is 16.8. The summed E-state index contributed by atoms with van der Waals surface area (Å²) < 4.78 is 0. The van der Waals surface area contributed by atoms with E-state index in [0.717, 1.165) is 12.8 Å². The zero-order valence-electron chi connectivity index (χ0n) is 13.0. The largest absolute Gasteiger partial charge is 0.481 e. The summed E-state index contributed by atoms with van der Waals surface area (Å²) in [5.74, 6) is -2.18. The van der Waals surface area contributed by atoms with Crippen molar-refractivity contribution in [1.29, 1.82) is 0 Å². The summed E-state index contributed by atoms with van der Waals surface area (Å²) in [6.07, 6.45) is 1.89. The Morgan fingerprint density at radius 2 is 1.91 bits per heavy atom. The average Bonchev–Trinajstić information content (AvgIpc) is 2.75. The molecule has 2 amide bonds. The van der Waals surface area contributed by atoms with Crippen LogP contribution in [-0.2, 0) is 20.8 Å². The molecule has 1 heterocycles. The fraction of sp³-hybridized carbons (Fsp3) is 0.471. The normalized spacial score (nSPS) is 20.7. The van der Waals surface area contributed by atoms with Gasteiger partial charge in [-0.3, -0.25) is 14.4 Å². The molecule has 0 unspecified atom stereocenters. The summed E-state index contributed by atoms with van der Waals surface area (Å²) in [6, 6.07) is 9.66. The van der Waals surface area contributed by atoms with E-state index in [9.17, 15) is 14.4 Å². The van der Waals surface area contributed by atoms with Crippen LogP contribution in [0.15, 0.2) is 30.3 Å². The Labute approximate surface area is 135 Å². The maximum atomic E-state index is 12.4. The Bertz CT molecular complexity index is 573. The number of hydrogen-bond donors (Lipinski definition) is 2. The topological polar surface area (TPSA) is 101 Å². The molecule has 2 atom stereocenters. The van der Waals surface area contributed by atoms with Gasteiger partial charge in [-0.15, -0.1) is 0 Å². The molecular weight excluding hydrogens is 296 g/mol. The number of aryl methyl sites for hydroxylation is 1. The van der Waals surface area contributed by atoms with Crippen LogP contribution >= 0.6 is 0 Å². The van der Waals surface area contributed by atoms with E-state index in [1.165, 1.54) is 5.56 Å². The number of carboxylic acid groups (broad SMARTS) is 1. The monoisotopic (exact) mass is 318 g/mol. The highest BCUT2D eigenvalue weighted by Gasteiger charge is 2.40. The molecule has 1 aliphatic heterocycles. The van der Waals surface area contributed by atoms with E-state index in [1.54, 1.807) is 4.90 Å². The second-order valence-electron chi connectivity index (χ2n) is 5.98. The lowest BCUT2D eigenvalue weighted by Crippen LogP contribution is -2.37. The first-order valence-corrected chi connectivity index (χ1v) is 7.82. The maximum Gasteiger partial charge on any atom is 0.304 e. The van der Waals surface area contributed by atoms with Gasteiger partial charge in [0, 0.05) is 19.0 Å². The Balaban J connectivity index is 1.96. The lowest BCUT2D eigenvalue weighted by molar-refractivity contribution is -0.142. The standard InChI is InChI=1S/C17H22N2O4/c18-15(20)11-14-9-13(10-16(21)22)17(23)19(14)8-4-7-12-5-2-1-3-6-12/h1-3,5-6,13-14H,4,7-11H2,(H2,18,20)(H,21,22)/t13-,14-/m0/s1. The molecule has 0 radical (unpaired) electrons. The minimum atomic E-state index is -0.993. The molecule has 3 N–H and O–H groups in total. The van der Waals surface area contributed by atoms with E-state index in [0.29, 0.717) is 13.0 Å². The molecule has 1 aliphatic rings. The molecule has 2 rings (SSSR count). The van der Waals surface area contributed by atoms with Crippen LogP contribution in [0.25, 0.3) is 0 Å². The van der Waals surface area contributed by atoms with E-state index in [4.69, 9.17) is 10.8 Å². The number of carboxylic acids is 1. The second kappa shape index (κ2) is 7.76. The van der Waals surface area contributed by atoms with Crippen LogP contribution in [0, 0.1) is 5.92 Å². The van der Waals surface area contributed by atoms with Crippen LogP contribution in [-0.4, -0.2) is 40.4 Å². The molecule has 6 heteroatoms. The van der Waals surface area contributed by atoms with E-state index in [2.05, 4.69) is 0 Å². The highest BCUT2D eigenvalue weighted by Crippen LogP contribution is 2.29. The quantitative estimate of drug-likeness (QED) is 0.751. The third-order valence-corrected chi connectivity index (χ3v) is 4.19. The number of amides is 2. The Morgan fingerprint density at radius 1 is 1.22 bits per heavy atom. The number of likely N-dealkylation sites (tertiary alicyclic amines) is 1. The lowest BCUT2D eigenvalue weighted by atomic mass is 10.00. The van der Waals surface area contributed by atoms with Gasteiger partial charge in [0.2, 0.25) is 11.8 Å². The van der Waals surface area contributed by atoms with Crippen molar-refractivity contribution in [2.24, 2.45) is 11.7 Å². The summed E-state index contributed by atoms with van der Waals surface area (Å²) in [4.78, 5) is 36.1. The number of aliphatic carboxylic acids is 1. The van der Waals surface area contributed by atoms with E-state index in [-0.39, 0.29) is 24.8 Å². The zero-order valence-corrected chi connectivity index (χ0v) is 13.0. The van der Waals surface area contributed by atoms with Crippen molar-refractivity contribution in [2.75, 3.05) is 6.54 Å². The maximum absolute atomic E-state index is 12.4. The average molecular weight is 318 g/mol. The van der Waals surface area contributed by atoms with Crippen molar-refractivity contribution in [3.63, 3.8) is 0 Å². The van der Waals surface area contributed by atoms with Gasteiger partial charge in [0.05, 0.1) is 12.3 Å². The van der Waals surface area contributed by atoms with Gasteiger partial charge in [-0.2, -0.15) is 0 Å². The molecule has 1 aromatic rings. The van der Waals surface area contributed by atoms with Crippen molar-refractivity contribution in [2.45, 2.75) is 38.1 Å². The van der Waals surface area contributed by atoms with Gasteiger partial charge in [-0.25, -0.2) is 0 Å². The molecule has 23 heavy (non-hydrogen) atoms. The first-order valence-electron chi connectivity index (χ1n) is 7.82. The number of hydrogen-bond acceptors (Lipinski definition) is 3. The van der Waals surface area contributed by atoms with Gasteiger partial charge in [0.1, 0.15) is 0 Å². The SMILES string of the molecule is NC(=O)C[C@@H]1C[C@@H](CC(=O)O)C(=O)N1CCCc1ccccc1. The molecule has 0 spiro atoms. The number of carbonyl (C=O) groups excluding carboxylic acids is 2. The highest BCUT2D eigenvalue weighted by molar-refractivity contribution is 5.86. The van der Waals surface area contributed by atoms with Gasteiger partial charge in [-0.1, -0.05) is 30.3 Å². The van der Waals surface area contributed by atoms with E-state index < -0.39 is 17.8 Å². The van der Waals surface area contributed by atoms with Crippen molar-refractivity contribution < 1.29 is 19.5 Å². The van der Waals surface area contributed by atoms with E-state index in [1.807, 2.05) is 30.3 Å². The number of carbonyl (C=O) groups is 3. The third kappa shape index (κ3) is 4.81. The smallest absolute Gasteiger partial charge is 0.304 e. The predicted molar refractivity (Wildman–Crippen MR) is 84.4 cm³/mol. The molecule has 0 bridgehead atoms. The minimum absolute atomic E-state index is 0.0905. The highest BCUT2D eigenvalue weighted by atomic mass is 16.4. The minimum Gasteiger partial charge on any atom is -0.481 e. The Hall–Kier alpha value is -2.37. The third-order valence-electron chi connectivity index (χ3n) is 4.19. The molecule has 1 aromatic carbocycles. The van der Waals surface area contributed by atoms with Gasteiger partial charge >= 0.3 is 5.97 Å². The second-order valence-corrected chi connectivity index (χ2v) is 5.98. The molecule has 6 nitrogen and oxygen atoms in total. The summed E-state index contributed by atoms with van der Waals surface area (Å²) in [5.41, 5.74) is 6.44. The number of benzene rings is 1. The van der Waals surface area contributed by atoms with Crippen LogP contribution in [0.2, 0.25) is 0 Å². The number of primary amides is 1. The lowest BCUT2D eigenvalue weighted by Gasteiger charge is -2.24. The molecule has 124 valence electrons. The first-order chi connectivity index (χ1) is 11.0. The first kappa shape index (κ1) is 17.0. The van der Waals surface area contributed by atoms with Gasteiger partial charge in [0.25, 0.3) is 0 Å².